The molecule has 0 N–H and O–H groups in total. The fourth-order valence-corrected chi connectivity index (χ4v) is 5.62. The first kappa shape index (κ1) is 13.4. The van der Waals surface area contributed by atoms with Crippen LogP contribution in [0.5, 0.6) is 0 Å². The predicted molar refractivity (Wildman–Crippen MR) is 90.1 cm³/mol. The summed E-state index contributed by atoms with van der Waals surface area (Å²) in [7, 11) is 0. The molecule has 0 radical (unpaired) electrons. The van der Waals surface area contributed by atoms with Gasteiger partial charge in [0.15, 0.2) is 0 Å². The summed E-state index contributed by atoms with van der Waals surface area (Å²) >= 11 is 0. The summed E-state index contributed by atoms with van der Waals surface area (Å²) < 4.78 is 0. The normalized spacial score (nSPS) is 34.1. The molecule has 1 aromatic carbocycles. The molecule has 0 aromatic heterocycles. The molecule has 0 saturated heterocycles. The maximum Gasteiger partial charge on any atom is -0.0119 e. The molecule has 0 spiro atoms. The van der Waals surface area contributed by atoms with E-state index in [1.54, 1.807) is 22.3 Å². The Balaban J connectivity index is 1.89. The fourth-order valence-electron chi connectivity index (χ4n) is 5.62. The molecule has 1 fully saturated rings. The minimum atomic E-state index is 0.568. The lowest BCUT2D eigenvalue weighted by Crippen LogP contribution is -2.36. The van der Waals surface area contributed by atoms with Gasteiger partial charge in [-0.05, 0) is 72.5 Å². The third-order valence-electron chi connectivity index (χ3n) is 6.44. The summed E-state index contributed by atoms with van der Waals surface area (Å²) in [6.07, 6.45) is 11.5. The number of fused-ring (bicyclic) bond motifs is 5. The summed E-state index contributed by atoms with van der Waals surface area (Å²) in [5, 5.41) is 0. The van der Waals surface area contributed by atoms with Crippen molar-refractivity contribution in [1.82, 2.24) is 0 Å². The first-order valence-corrected chi connectivity index (χ1v) is 8.64. The fraction of sp³-hybridized carbons (Fsp3) is 0.524. The lowest BCUT2D eigenvalue weighted by Gasteiger charge is -2.47. The van der Waals surface area contributed by atoms with Crippen molar-refractivity contribution in [2.24, 2.45) is 17.3 Å². The Morgan fingerprint density at radius 3 is 3.00 bits per heavy atom. The standard InChI is InChI=1S/C21H26/c1-3-7-16-14-21(2)13-6-10-19(21)18-12-11-15-8-4-5-9-17(15)20(16)18/h3-5,8-9,18-19H,1,6-7,10-14H2,2H3/t18-,19-,21-/m0/s1. The van der Waals surface area contributed by atoms with Crippen LogP contribution in [0, 0.1) is 17.3 Å². The monoisotopic (exact) mass is 278 g/mol. The summed E-state index contributed by atoms with van der Waals surface area (Å²) in [6, 6.07) is 9.14. The van der Waals surface area contributed by atoms with Crippen molar-refractivity contribution >= 4 is 5.57 Å². The second-order valence-electron chi connectivity index (χ2n) is 7.64. The second kappa shape index (κ2) is 4.87. The second-order valence-corrected chi connectivity index (χ2v) is 7.64. The van der Waals surface area contributed by atoms with Crippen LogP contribution in [0.15, 0.2) is 42.5 Å². The highest BCUT2D eigenvalue weighted by Gasteiger charge is 2.48. The number of allylic oxidation sites excluding steroid dienone is 3. The van der Waals surface area contributed by atoms with Gasteiger partial charge >= 0.3 is 0 Å². The van der Waals surface area contributed by atoms with Gasteiger partial charge in [0.2, 0.25) is 0 Å². The molecule has 4 rings (SSSR count). The van der Waals surface area contributed by atoms with Crippen LogP contribution in [-0.4, -0.2) is 0 Å². The van der Waals surface area contributed by atoms with Crippen molar-refractivity contribution in [3.63, 3.8) is 0 Å². The van der Waals surface area contributed by atoms with E-state index in [0.29, 0.717) is 5.41 Å². The zero-order valence-electron chi connectivity index (χ0n) is 13.2. The molecule has 21 heavy (non-hydrogen) atoms. The summed E-state index contributed by atoms with van der Waals surface area (Å²) in [5.74, 6) is 1.74. The van der Waals surface area contributed by atoms with Crippen molar-refractivity contribution < 1.29 is 0 Å². The van der Waals surface area contributed by atoms with Crippen LogP contribution in [0.25, 0.3) is 5.57 Å². The van der Waals surface area contributed by atoms with Crippen molar-refractivity contribution in [1.29, 1.82) is 0 Å². The van der Waals surface area contributed by atoms with Crippen LogP contribution in [0.3, 0.4) is 0 Å². The largest absolute Gasteiger partial charge is 0.103 e. The Morgan fingerprint density at radius 2 is 2.14 bits per heavy atom. The van der Waals surface area contributed by atoms with E-state index < -0.39 is 0 Å². The van der Waals surface area contributed by atoms with Crippen LogP contribution >= 0.6 is 0 Å². The zero-order valence-corrected chi connectivity index (χ0v) is 13.2. The van der Waals surface area contributed by atoms with E-state index in [4.69, 9.17) is 0 Å². The third kappa shape index (κ3) is 1.95. The van der Waals surface area contributed by atoms with E-state index in [9.17, 15) is 0 Å². The Labute approximate surface area is 129 Å². The van der Waals surface area contributed by atoms with E-state index in [0.717, 1.165) is 18.3 Å². The lowest BCUT2D eigenvalue weighted by atomic mass is 9.58. The van der Waals surface area contributed by atoms with E-state index in [1.165, 1.54) is 38.5 Å². The average molecular weight is 278 g/mol. The molecule has 3 aliphatic rings. The minimum Gasteiger partial charge on any atom is -0.103 e. The number of aryl methyl sites for hydroxylation is 1. The molecular formula is C21H26. The Hall–Kier alpha value is -1.30. The van der Waals surface area contributed by atoms with Gasteiger partial charge in [0, 0.05) is 0 Å². The van der Waals surface area contributed by atoms with Gasteiger partial charge in [-0.3, -0.25) is 0 Å². The molecule has 3 aliphatic carbocycles. The maximum absolute atomic E-state index is 4.02. The van der Waals surface area contributed by atoms with E-state index in [2.05, 4.69) is 43.8 Å². The summed E-state index contributed by atoms with van der Waals surface area (Å²) in [4.78, 5) is 0. The lowest BCUT2D eigenvalue weighted by molar-refractivity contribution is 0.161. The van der Waals surface area contributed by atoms with Gasteiger partial charge in [0.05, 0.1) is 0 Å². The molecule has 1 aromatic rings. The quantitative estimate of drug-likeness (QED) is 0.601. The first-order chi connectivity index (χ1) is 10.2. The van der Waals surface area contributed by atoms with Crippen LogP contribution in [0.2, 0.25) is 0 Å². The number of benzene rings is 1. The molecule has 0 unspecified atom stereocenters. The van der Waals surface area contributed by atoms with Crippen molar-refractivity contribution in [3.05, 3.63) is 53.6 Å². The number of hydrogen-bond acceptors (Lipinski definition) is 0. The SMILES string of the molecule is C=CCC1=C2c3ccccc3CC[C@H]2[C@@H]2CCC[C@@]2(C)C1. The Kier molecular flexibility index (Phi) is 3.10. The molecule has 0 nitrogen and oxygen atoms in total. The molecule has 0 heteroatoms. The Morgan fingerprint density at radius 1 is 1.29 bits per heavy atom. The van der Waals surface area contributed by atoms with E-state index in [-0.39, 0.29) is 0 Å². The predicted octanol–water partition coefficient (Wildman–Crippen LogP) is 5.79. The first-order valence-electron chi connectivity index (χ1n) is 8.64. The summed E-state index contributed by atoms with van der Waals surface area (Å²) in [6.45, 7) is 6.58. The molecule has 1 saturated carbocycles. The van der Waals surface area contributed by atoms with Crippen molar-refractivity contribution in [2.45, 2.75) is 51.9 Å². The highest BCUT2D eigenvalue weighted by Crippen LogP contribution is 2.60. The highest BCUT2D eigenvalue weighted by molar-refractivity contribution is 5.76. The summed E-state index contributed by atoms with van der Waals surface area (Å²) in [5.41, 5.74) is 7.13. The molecule has 0 bridgehead atoms. The highest BCUT2D eigenvalue weighted by atomic mass is 14.5. The smallest absolute Gasteiger partial charge is 0.0119 e. The molecule has 110 valence electrons. The van der Waals surface area contributed by atoms with Gasteiger partial charge in [-0.2, -0.15) is 0 Å². The molecule has 0 heterocycles. The Bertz CT molecular complexity index is 606. The van der Waals surface area contributed by atoms with E-state index in [1.807, 2.05) is 0 Å². The zero-order chi connectivity index (χ0) is 14.4. The van der Waals surface area contributed by atoms with Crippen LogP contribution < -0.4 is 0 Å². The minimum absolute atomic E-state index is 0.568. The van der Waals surface area contributed by atoms with Crippen LogP contribution in [0.1, 0.15) is 56.6 Å². The average Bonchev–Trinajstić information content (AvgIpc) is 2.88. The third-order valence-corrected chi connectivity index (χ3v) is 6.44. The van der Waals surface area contributed by atoms with Crippen LogP contribution in [0.4, 0.5) is 0 Å². The van der Waals surface area contributed by atoms with Gasteiger partial charge in [0.25, 0.3) is 0 Å². The molecular weight excluding hydrogens is 252 g/mol. The maximum atomic E-state index is 4.02. The van der Waals surface area contributed by atoms with Crippen molar-refractivity contribution in [2.75, 3.05) is 0 Å². The molecule has 0 amide bonds. The number of rotatable bonds is 2. The van der Waals surface area contributed by atoms with Crippen molar-refractivity contribution in [3.8, 4) is 0 Å². The van der Waals surface area contributed by atoms with E-state index >= 15 is 0 Å². The number of hydrogen-bond donors (Lipinski definition) is 0. The van der Waals surface area contributed by atoms with Gasteiger partial charge in [-0.25, -0.2) is 0 Å². The van der Waals surface area contributed by atoms with Gasteiger partial charge in [0.1, 0.15) is 0 Å². The van der Waals surface area contributed by atoms with Crippen LogP contribution in [-0.2, 0) is 6.42 Å². The van der Waals surface area contributed by atoms with Gasteiger partial charge < -0.3 is 0 Å². The molecule has 3 atom stereocenters. The molecule has 0 aliphatic heterocycles. The topological polar surface area (TPSA) is 0 Å². The van der Waals surface area contributed by atoms with Gasteiger partial charge in [-0.15, -0.1) is 6.58 Å². The van der Waals surface area contributed by atoms with Gasteiger partial charge in [-0.1, -0.05) is 49.3 Å².